The van der Waals surface area contributed by atoms with E-state index < -0.39 is 0 Å². The van der Waals surface area contributed by atoms with Crippen LogP contribution in [0.1, 0.15) is 5.56 Å². The van der Waals surface area contributed by atoms with Crippen molar-refractivity contribution in [1.29, 1.82) is 5.26 Å². The molecule has 1 aliphatic rings. The fourth-order valence-electron chi connectivity index (χ4n) is 1.70. The number of aromatic amines is 1. The summed E-state index contributed by atoms with van der Waals surface area (Å²) in [5.74, 6) is 1.15. The lowest BCUT2D eigenvalue weighted by atomic mass is 10.3. The number of anilines is 1. The van der Waals surface area contributed by atoms with E-state index in [4.69, 9.17) is 4.74 Å². The van der Waals surface area contributed by atoms with Gasteiger partial charge >= 0.3 is 0 Å². The van der Waals surface area contributed by atoms with E-state index >= 15 is 0 Å². The van der Waals surface area contributed by atoms with Gasteiger partial charge in [0.2, 0.25) is 0 Å². The number of nitriles is 1. The fraction of sp³-hybridized carbons (Fsp3) is 0.545. The quantitative estimate of drug-likeness (QED) is 0.616. The van der Waals surface area contributed by atoms with Crippen molar-refractivity contribution >= 4 is 18.0 Å². The van der Waals surface area contributed by atoms with E-state index in [1.165, 1.54) is 0 Å². The van der Waals surface area contributed by atoms with Gasteiger partial charge in [-0.3, -0.25) is 5.10 Å². The first kappa shape index (κ1) is 12.4. The number of nitrogens with one attached hydrogen (secondary N) is 1. The molecule has 1 aliphatic heterocycles. The zero-order valence-corrected chi connectivity index (χ0v) is 10.6. The van der Waals surface area contributed by atoms with E-state index in [0.717, 1.165) is 13.1 Å². The summed E-state index contributed by atoms with van der Waals surface area (Å²) in [6.07, 6.45) is 1.64. The summed E-state index contributed by atoms with van der Waals surface area (Å²) >= 11 is 0. The largest absolute Gasteiger partial charge is 0.378 e. The first-order valence-electron chi connectivity index (χ1n) is 5.74. The molecule has 1 aromatic rings. The van der Waals surface area contributed by atoms with E-state index in [0.29, 0.717) is 30.4 Å². The van der Waals surface area contributed by atoms with E-state index in [1.807, 2.05) is 19.0 Å². The van der Waals surface area contributed by atoms with Gasteiger partial charge in [0, 0.05) is 27.2 Å². The summed E-state index contributed by atoms with van der Waals surface area (Å²) in [5.41, 5.74) is 0.481. The van der Waals surface area contributed by atoms with Gasteiger partial charge in [0.25, 0.3) is 0 Å². The van der Waals surface area contributed by atoms with Gasteiger partial charge in [0.05, 0.1) is 19.6 Å². The lowest BCUT2D eigenvalue weighted by Crippen LogP contribution is -2.36. The maximum absolute atomic E-state index is 9.23. The second-order valence-corrected chi connectivity index (χ2v) is 4.19. The second kappa shape index (κ2) is 5.51. The minimum absolute atomic E-state index is 0.481. The molecular weight excluding hydrogens is 232 g/mol. The van der Waals surface area contributed by atoms with Crippen LogP contribution in [0.3, 0.4) is 0 Å². The van der Waals surface area contributed by atoms with Crippen LogP contribution < -0.4 is 4.90 Å². The highest BCUT2D eigenvalue weighted by Gasteiger charge is 2.20. The van der Waals surface area contributed by atoms with Gasteiger partial charge in [-0.2, -0.15) is 10.4 Å². The molecule has 0 radical (unpaired) electrons. The van der Waals surface area contributed by atoms with Crippen LogP contribution in [-0.4, -0.2) is 61.8 Å². The minimum Gasteiger partial charge on any atom is -0.378 e. The smallest absolute Gasteiger partial charge is 0.170 e. The summed E-state index contributed by atoms with van der Waals surface area (Å²) in [4.78, 5) is 8.03. The van der Waals surface area contributed by atoms with Gasteiger partial charge in [0.15, 0.2) is 11.6 Å². The second-order valence-electron chi connectivity index (χ2n) is 4.19. The molecule has 2 heterocycles. The highest BCUT2D eigenvalue weighted by molar-refractivity contribution is 5.68. The molecule has 0 bridgehead atoms. The number of hydrogen-bond donors (Lipinski definition) is 1. The predicted molar refractivity (Wildman–Crippen MR) is 68.2 cm³/mol. The average Bonchev–Trinajstić information content (AvgIpc) is 2.80. The lowest BCUT2D eigenvalue weighted by molar-refractivity contribution is 0.122. The number of rotatable bonds is 3. The Balaban J connectivity index is 2.24. The van der Waals surface area contributed by atoms with Gasteiger partial charge in [-0.05, 0) is 0 Å². The van der Waals surface area contributed by atoms with Crippen molar-refractivity contribution in [2.45, 2.75) is 0 Å². The van der Waals surface area contributed by atoms with E-state index in [2.05, 4.69) is 21.3 Å². The van der Waals surface area contributed by atoms with Gasteiger partial charge in [0.1, 0.15) is 11.6 Å². The van der Waals surface area contributed by atoms with Crippen LogP contribution in [0.4, 0.5) is 11.6 Å². The first-order valence-corrected chi connectivity index (χ1v) is 5.74. The van der Waals surface area contributed by atoms with Crippen molar-refractivity contribution < 1.29 is 4.74 Å². The Labute approximate surface area is 106 Å². The molecule has 1 aromatic heterocycles. The van der Waals surface area contributed by atoms with Gasteiger partial charge in [-0.25, -0.2) is 4.99 Å². The Morgan fingerprint density at radius 3 is 2.83 bits per heavy atom. The van der Waals surface area contributed by atoms with Crippen molar-refractivity contribution in [2.75, 3.05) is 45.3 Å². The number of H-pyrrole nitrogens is 1. The van der Waals surface area contributed by atoms with Crippen LogP contribution in [0.2, 0.25) is 0 Å². The van der Waals surface area contributed by atoms with Crippen molar-refractivity contribution in [3.63, 3.8) is 0 Å². The van der Waals surface area contributed by atoms with E-state index in [1.54, 1.807) is 11.2 Å². The van der Waals surface area contributed by atoms with Crippen LogP contribution in [0.25, 0.3) is 0 Å². The Morgan fingerprint density at radius 2 is 2.22 bits per heavy atom. The zero-order valence-electron chi connectivity index (χ0n) is 10.6. The molecule has 7 nitrogen and oxygen atoms in total. The molecule has 0 atom stereocenters. The maximum atomic E-state index is 9.23. The SMILES string of the molecule is CN(C)C=Nc1[nH]nc(N2CCOCC2)c1C#N. The molecule has 0 spiro atoms. The fourth-order valence-corrected chi connectivity index (χ4v) is 1.70. The Bertz CT molecular complexity index is 466. The average molecular weight is 248 g/mol. The zero-order chi connectivity index (χ0) is 13.0. The minimum atomic E-state index is 0.481. The van der Waals surface area contributed by atoms with E-state index in [9.17, 15) is 5.26 Å². The molecule has 0 amide bonds. The summed E-state index contributed by atoms with van der Waals surface area (Å²) in [6, 6.07) is 2.16. The van der Waals surface area contributed by atoms with Crippen LogP contribution in [0.5, 0.6) is 0 Å². The molecule has 0 aromatic carbocycles. The molecule has 1 fully saturated rings. The third kappa shape index (κ3) is 2.60. The summed E-state index contributed by atoms with van der Waals surface area (Å²) in [5, 5.41) is 16.2. The van der Waals surface area contributed by atoms with E-state index in [-0.39, 0.29) is 0 Å². The Kier molecular flexibility index (Phi) is 3.79. The summed E-state index contributed by atoms with van der Waals surface area (Å²) in [6.45, 7) is 2.81. The number of ether oxygens (including phenoxy) is 1. The Morgan fingerprint density at radius 1 is 1.50 bits per heavy atom. The van der Waals surface area contributed by atoms with Gasteiger partial charge in [-0.1, -0.05) is 0 Å². The van der Waals surface area contributed by atoms with Crippen LogP contribution in [0, 0.1) is 11.3 Å². The topological polar surface area (TPSA) is 80.5 Å². The van der Waals surface area contributed by atoms with Gasteiger partial charge < -0.3 is 14.5 Å². The third-order valence-electron chi connectivity index (χ3n) is 2.57. The molecule has 18 heavy (non-hydrogen) atoms. The molecule has 0 aliphatic carbocycles. The van der Waals surface area contributed by atoms with Crippen molar-refractivity contribution in [3.8, 4) is 6.07 Å². The highest BCUT2D eigenvalue weighted by Crippen LogP contribution is 2.26. The molecular formula is C11H16N6O. The predicted octanol–water partition coefficient (Wildman–Crippen LogP) is 0.339. The lowest BCUT2D eigenvalue weighted by Gasteiger charge is -2.26. The van der Waals surface area contributed by atoms with Crippen LogP contribution in [-0.2, 0) is 4.74 Å². The molecule has 2 rings (SSSR count). The highest BCUT2D eigenvalue weighted by atomic mass is 16.5. The monoisotopic (exact) mass is 248 g/mol. The number of aromatic nitrogens is 2. The summed E-state index contributed by atoms with van der Waals surface area (Å²) < 4.78 is 5.28. The van der Waals surface area contributed by atoms with Crippen molar-refractivity contribution in [1.82, 2.24) is 15.1 Å². The van der Waals surface area contributed by atoms with Crippen molar-refractivity contribution in [2.24, 2.45) is 4.99 Å². The molecule has 1 saturated heterocycles. The Hall–Kier alpha value is -2.07. The molecule has 7 heteroatoms. The number of morpholine rings is 1. The maximum Gasteiger partial charge on any atom is 0.170 e. The number of nitrogens with zero attached hydrogens (tertiary/aromatic N) is 5. The van der Waals surface area contributed by atoms with Crippen LogP contribution >= 0.6 is 0 Å². The number of hydrogen-bond acceptors (Lipinski definition) is 5. The normalized spacial score (nSPS) is 15.9. The molecule has 96 valence electrons. The molecule has 0 saturated carbocycles. The van der Waals surface area contributed by atoms with Crippen molar-refractivity contribution in [3.05, 3.63) is 5.56 Å². The van der Waals surface area contributed by atoms with Gasteiger partial charge in [-0.15, -0.1) is 0 Å². The third-order valence-corrected chi connectivity index (χ3v) is 2.57. The standard InChI is InChI=1S/C11H16N6O/c1-16(2)8-13-10-9(7-12)11(15-14-10)17-3-5-18-6-4-17/h8H,3-6H2,1-2H3,(H,14,15). The first-order chi connectivity index (χ1) is 8.72. The summed E-state index contributed by atoms with van der Waals surface area (Å²) in [7, 11) is 3.74. The van der Waals surface area contributed by atoms with Crippen LogP contribution in [0.15, 0.2) is 4.99 Å². The molecule has 1 N–H and O–H groups in total. The number of aliphatic imine (C=N–C) groups is 1. The molecule has 0 unspecified atom stereocenters.